The zero-order valence-corrected chi connectivity index (χ0v) is 12.4. The predicted molar refractivity (Wildman–Crippen MR) is 83.1 cm³/mol. The third-order valence-electron chi connectivity index (χ3n) is 1.74. The summed E-state index contributed by atoms with van der Waals surface area (Å²) >= 11 is 9.27. The molecule has 8 nitrogen and oxygen atoms in total. The lowest BCUT2D eigenvalue weighted by molar-refractivity contribution is 0.0559. The zero-order chi connectivity index (χ0) is 14.7. The first kappa shape index (κ1) is 17.6. The number of methoxy groups -OCH3 is 1. The van der Waals surface area contributed by atoms with E-state index in [4.69, 9.17) is 20.9 Å². The number of nitrogens with zero attached hydrogens (tertiary/aromatic N) is 2. The standard InChI is InChI=1S/C9H18N6O2S2/c1-6(17-4-3-16-2)7(13-15-9(11)19)5-12-14-8(10)18/h5-6H,3-4H2,1-2H3,(H3,10,14,18)(H3,11,15,19)/b12-5+,13-7+. The SMILES string of the molecule is COCCOC(C)C(/C=N/NC(N)=S)=N/NC(N)=S. The van der Waals surface area contributed by atoms with Crippen LogP contribution in [0.3, 0.4) is 0 Å². The van der Waals surface area contributed by atoms with Crippen LogP contribution in [0.5, 0.6) is 0 Å². The van der Waals surface area contributed by atoms with Crippen molar-refractivity contribution < 1.29 is 9.47 Å². The Labute approximate surface area is 122 Å². The molecule has 1 unspecified atom stereocenters. The Bertz CT molecular complexity index is 361. The first-order valence-electron chi connectivity index (χ1n) is 5.29. The second-order valence-corrected chi connectivity index (χ2v) is 4.13. The molecular formula is C9H18N6O2S2. The number of hydrogen-bond acceptors (Lipinski definition) is 6. The van der Waals surface area contributed by atoms with Crippen molar-refractivity contribution in [2.75, 3.05) is 20.3 Å². The highest BCUT2D eigenvalue weighted by molar-refractivity contribution is 7.80. The maximum absolute atomic E-state index is 5.47. The number of hydrogen-bond donors (Lipinski definition) is 4. The van der Waals surface area contributed by atoms with E-state index in [0.717, 1.165) is 0 Å². The van der Waals surface area contributed by atoms with Gasteiger partial charge >= 0.3 is 0 Å². The first-order valence-corrected chi connectivity index (χ1v) is 6.11. The second-order valence-electron chi connectivity index (χ2n) is 3.25. The molecule has 10 heteroatoms. The van der Waals surface area contributed by atoms with E-state index in [1.165, 1.54) is 6.21 Å². The van der Waals surface area contributed by atoms with Crippen LogP contribution >= 0.6 is 24.4 Å². The Balaban J connectivity index is 4.55. The third-order valence-corrected chi connectivity index (χ3v) is 1.92. The maximum atomic E-state index is 5.47. The number of nitrogens with two attached hydrogens (primary N) is 2. The lowest BCUT2D eigenvalue weighted by Crippen LogP contribution is -2.32. The normalized spacial score (nSPS) is 13.3. The average Bonchev–Trinajstić information content (AvgIpc) is 2.32. The molecule has 0 aromatic heterocycles. The van der Waals surface area contributed by atoms with E-state index in [2.05, 4.69) is 45.5 Å². The summed E-state index contributed by atoms with van der Waals surface area (Å²) in [6, 6.07) is 0. The number of nitrogens with one attached hydrogen (secondary N) is 2. The summed E-state index contributed by atoms with van der Waals surface area (Å²) in [7, 11) is 1.59. The molecule has 0 amide bonds. The van der Waals surface area contributed by atoms with Crippen molar-refractivity contribution in [2.24, 2.45) is 21.7 Å². The fourth-order valence-corrected chi connectivity index (χ4v) is 0.998. The molecule has 0 heterocycles. The fourth-order valence-electron chi connectivity index (χ4n) is 0.900. The number of hydrazone groups is 2. The summed E-state index contributed by atoms with van der Waals surface area (Å²) in [4.78, 5) is 0. The van der Waals surface area contributed by atoms with Crippen molar-refractivity contribution in [3.63, 3.8) is 0 Å². The van der Waals surface area contributed by atoms with Crippen LogP contribution in [0.4, 0.5) is 0 Å². The van der Waals surface area contributed by atoms with Gasteiger partial charge in [-0.05, 0) is 31.4 Å². The molecule has 19 heavy (non-hydrogen) atoms. The van der Waals surface area contributed by atoms with Gasteiger partial charge in [0.1, 0.15) is 11.8 Å². The van der Waals surface area contributed by atoms with E-state index in [-0.39, 0.29) is 16.3 Å². The molecule has 0 aliphatic carbocycles. The Hall–Kier alpha value is -1.36. The number of rotatable bonds is 8. The van der Waals surface area contributed by atoms with Gasteiger partial charge in [-0.1, -0.05) is 0 Å². The van der Waals surface area contributed by atoms with Crippen LogP contribution in [-0.4, -0.2) is 48.6 Å². The molecule has 6 N–H and O–H groups in total. The molecule has 1 atom stereocenters. The van der Waals surface area contributed by atoms with Crippen LogP contribution in [0.15, 0.2) is 10.2 Å². The van der Waals surface area contributed by atoms with E-state index in [1.54, 1.807) is 14.0 Å². The third kappa shape index (κ3) is 10.3. The van der Waals surface area contributed by atoms with Crippen molar-refractivity contribution in [1.29, 1.82) is 0 Å². The van der Waals surface area contributed by atoms with Gasteiger partial charge in [0, 0.05) is 7.11 Å². The summed E-state index contributed by atoms with van der Waals surface area (Å²) in [6.45, 7) is 2.69. The van der Waals surface area contributed by atoms with Crippen LogP contribution in [-0.2, 0) is 9.47 Å². The van der Waals surface area contributed by atoms with Crippen molar-refractivity contribution in [1.82, 2.24) is 10.9 Å². The predicted octanol–water partition coefficient (Wildman–Crippen LogP) is -0.954. The lowest BCUT2D eigenvalue weighted by Gasteiger charge is -2.12. The van der Waals surface area contributed by atoms with Gasteiger partial charge in [0.15, 0.2) is 10.2 Å². The first-order chi connectivity index (χ1) is 8.97. The van der Waals surface area contributed by atoms with Gasteiger partial charge in [-0.15, -0.1) is 0 Å². The number of ether oxygens (including phenoxy) is 2. The largest absolute Gasteiger partial charge is 0.382 e. The minimum absolute atomic E-state index is 0.0392. The molecule has 0 aromatic carbocycles. The summed E-state index contributed by atoms with van der Waals surface area (Å²) in [5, 5.41) is 7.84. The Morgan fingerprint density at radius 3 is 2.42 bits per heavy atom. The molecule has 0 rings (SSSR count). The van der Waals surface area contributed by atoms with Gasteiger partial charge in [-0.2, -0.15) is 10.2 Å². The topological polar surface area (TPSA) is 119 Å². The number of thiocarbonyl (C=S) groups is 2. The van der Waals surface area contributed by atoms with Gasteiger partial charge < -0.3 is 20.9 Å². The monoisotopic (exact) mass is 306 g/mol. The smallest absolute Gasteiger partial charge is 0.184 e. The summed E-state index contributed by atoms with van der Waals surface area (Å²) in [5.74, 6) is 0. The molecule has 108 valence electrons. The Morgan fingerprint density at radius 1 is 1.26 bits per heavy atom. The van der Waals surface area contributed by atoms with Crippen LogP contribution in [0.1, 0.15) is 6.92 Å². The molecule has 0 aliphatic heterocycles. The van der Waals surface area contributed by atoms with E-state index in [0.29, 0.717) is 18.9 Å². The molecule has 0 saturated carbocycles. The van der Waals surface area contributed by atoms with Gasteiger partial charge in [-0.3, -0.25) is 10.9 Å². The van der Waals surface area contributed by atoms with E-state index >= 15 is 0 Å². The maximum Gasteiger partial charge on any atom is 0.184 e. The van der Waals surface area contributed by atoms with Crippen LogP contribution < -0.4 is 22.3 Å². The van der Waals surface area contributed by atoms with Crippen molar-refractivity contribution >= 4 is 46.6 Å². The van der Waals surface area contributed by atoms with Crippen molar-refractivity contribution in [3.05, 3.63) is 0 Å². The van der Waals surface area contributed by atoms with Crippen molar-refractivity contribution in [3.8, 4) is 0 Å². The van der Waals surface area contributed by atoms with E-state index in [1.807, 2.05) is 0 Å². The van der Waals surface area contributed by atoms with E-state index < -0.39 is 0 Å². The molecular weight excluding hydrogens is 288 g/mol. The Kier molecular flexibility index (Phi) is 9.80. The quantitative estimate of drug-likeness (QED) is 0.196. The van der Waals surface area contributed by atoms with Gasteiger partial charge in [0.25, 0.3) is 0 Å². The summed E-state index contributed by atoms with van der Waals surface area (Å²) in [6.07, 6.45) is 1.07. The highest BCUT2D eigenvalue weighted by Gasteiger charge is 2.09. The molecule has 0 radical (unpaired) electrons. The van der Waals surface area contributed by atoms with Gasteiger partial charge in [0.2, 0.25) is 0 Å². The van der Waals surface area contributed by atoms with Crippen molar-refractivity contribution in [2.45, 2.75) is 13.0 Å². The molecule has 0 fully saturated rings. The van der Waals surface area contributed by atoms with Crippen LogP contribution in [0.2, 0.25) is 0 Å². The molecule has 0 bridgehead atoms. The minimum atomic E-state index is -0.339. The van der Waals surface area contributed by atoms with E-state index in [9.17, 15) is 0 Å². The molecule has 0 aliphatic rings. The Morgan fingerprint density at radius 2 is 1.89 bits per heavy atom. The van der Waals surface area contributed by atoms with Crippen LogP contribution in [0.25, 0.3) is 0 Å². The molecule has 0 aromatic rings. The fraction of sp³-hybridized carbons (Fsp3) is 0.556. The average molecular weight is 306 g/mol. The minimum Gasteiger partial charge on any atom is -0.382 e. The van der Waals surface area contributed by atoms with Gasteiger partial charge in [-0.25, -0.2) is 0 Å². The highest BCUT2D eigenvalue weighted by Crippen LogP contribution is 1.93. The lowest BCUT2D eigenvalue weighted by atomic mass is 10.2. The van der Waals surface area contributed by atoms with Gasteiger partial charge in [0.05, 0.1) is 19.4 Å². The summed E-state index contributed by atoms with van der Waals surface area (Å²) < 4.78 is 10.4. The zero-order valence-electron chi connectivity index (χ0n) is 10.8. The van der Waals surface area contributed by atoms with Crippen LogP contribution in [0, 0.1) is 0 Å². The second kappa shape index (κ2) is 10.6. The molecule has 0 spiro atoms. The summed E-state index contributed by atoms with van der Waals surface area (Å²) in [5.41, 5.74) is 15.9. The molecule has 0 saturated heterocycles. The highest BCUT2D eigenvalue weighted by atomic mass is 32.1.